The summed E-state index contributed by atoms with van der Waals surface area (Å²) in [5.74, 6) is -1.64. The molecule has 0 saturated heterocycles. The first-order chi connectivity index (χ1) is 4.54. The zero-order valence-corrected chi connectivity index (χ0v) is 7.53. The molecule has 2 atom stereocenters. The first-order valence-corrected chi connectivity index (χ1v) is 2.80. The normalized spacial score (nSPS) is 11.4. The Morgan fingerprint density at radius 3 is 2.18 bits per heavy atom. The van der Waals surface area contributed by atoms with Gasteiger partial charge in [0.2, 0.25) is 5.91 Å². The Morgan fingerprint density at radius 2 is 1.91 bits per heavy atom. The molecule has 1 unspecified atom stereocenters. The van der Waals surface area contributed by atoms with Gasteiger partial charge >= 0.3 is 5.97 Å². The van der Waals surface area contributed by atoms with Crippen LogP contribution in [-0.4, -0.2) is 23.0 Å². The van der Waals surface area contributed by atoms with Gasteiger partial charge in [0, 0.05) is 6.42 Å². The van der Waals surface area contributed by atoms with Gasteiger partial charge in [-0.15, -0.1) is 0 Å². The molecule has 6 heteroatoms. The van der Waals surface area contributed by atoms with Crippen LogP contribution in [0.4, 0.5) is 0 Å². The standard InChI is InChI=1S/C5H10N2O3.H3P/c6-3(5(9)10)1-2-4(7)8;/h3H,1-2,6H2,(H2,7,8)(H,9,10);1H3/t3-;/m0./s1. The number of rotatable bonds is 4. The highest BCUT2D eigenvalue weighted by molar-refractivity contribution is 6.92. The molecule has 0 aliphatic heterocycles. The Bertz CT molecular complexity index is 151. The van der Waals surface area contributed by atoms with Crippen LogP contribution in [0.5, 0.6) is 0 Å². The maximum atomic E-state index is 10.1. The Kier molecular flexibility index (Phi) is 7.15. The third kappa shape index (κ3) is 7.22. The van der Waals surface area contributed by atoms with Crippen LogP contribution in [0.15, 0.2) is 0 Å². The summed E-state index contributed by atoms with van der Waals surface area (Å²) in [6.07, 6.45) is 0.123. The third-order valence-electron chi connectivity index (χ3n) is 1.02. The molecule has 0 aromatic rings. The molecule has 5 nitrogen and oxygen atoms in total. The van der Waals surface area contributed by atoms with E-state index in [1.807, 2.05) is 0 Å². The summed E-state index contributed by atoms with van der Waals surface area (Å²) in [5.41, 5.74) is 9.81. The zero-order valence-electron chi connectivity index (χ0n) is 6.12. The van der Waals surface area contributed by atoms with E-state index in [9.17, 15) is 9.59 Å². The molecular formula is C5H13N2O3P. The Balaban J connectivity index is 0. The van der Waals surface area contributed by atoms with Crippen molar-refractivity contribution in [3.05, 3.63) is 0 Å². The molecule has 1 amide bonds. The van der Waals surface area contributed by atoms with Gasteiger partial charge in [0.25, 0.3) is 0 Å². The molecule has 0 fully saturated rings. The lowest BCUT2D eigenvalue weighted by Gasteiger charge is -2.01. The monoisotopic (exact) mass is 180 g/mol. The van der Waals surface area contributed by atoms with Gasteiger partial charge in [-0.25, -0.2) is 0 Å². The summed E-state index contributed by atoms with van der Waals surface area (Å²) in [7, 11) is 0. The van der Waals surface area contributed by atoms with Gasteiger partial charge in [-0.2, -0.15) is 9.90 Å². The fourth-order valence-corrected chi connectivity index (χ4v) is 0.421. The Hall–Kier alpha value is -0.670. The van der Waals surface area contributed by atoms with Crippen LogP contribution in [0.3, 0.4) is 0 Å². The lowest BCUT2D eigenvalue weighted by atomic mass is 10.2. The second-order valence-electron chi connectivity index (χ2n) is 1.95. The lowest BCUT2D eigenvalue weighted by Crippen LogP contribution is -2.31. The molecule has 0 radical (unpaired) electrons. The highest BCUT2D eigenvalue weighted by Crippen LogP contribution is 1.92. The number of carboxylic acid groups (broad SMARTS) is 1. The van der Waals surface area contributed by atoms with E-state index < -0.39 is 17.9 Å². The molecule has 0 aliphatic rings. The van der Waals surface area contributed by atoms with Gasteiger partial charge < -0.3 is 16.6 Å². The molecule has 66 valence electrons. The minimum atomic E-state index is -1.11. The molecule has 5 N–H and O–H groups in total. The van der Waals surface area contributed by atoms with Crippen LogP contribution >= 0.6 is 9.90 Å². The second-order valence-corrected chi connectivity index (χ2v) is 1.95. The van der Waals surface area contributed by atoms with Crippen molar-refractivity contribution in [1.29, 1.82) is 0 Å². The smallest absolute Gasteiger partial charge is 0.320 e. The number of carbonyl (C=O) groups excluding carboxylic acids is 1. The fraction of sp³-hybridized carbons (Fsp3) is 0.600. The Morgan fingerprint density at radius 1 is 1.45 bits per heavy atom. The highest BCUT2D eigenvalue weighted by Gasteiger charge is 2.11. The summed E-state index contributed by atoms with van der Waals surface area (Å²) in [6.45, 7) is 0. The highest BCUT2D eigenvalue weighted by atomic mass is 31.0. The molecule has 0 bridgehead atoms. The number of nitrogens with two attached hydrogens (primary N) is 2. The first kappa shape index (κ1) is 13.0. The third-order valence-corrected chi connectivity index (χ3v) is 1.02. The maximum absolute atomic E-state index is 10.1. The van der Waals surface area contributed by atoms with Gasteiger partial charge in [-0.05, 0) is 6.42 Å². The summed E-state index contributed by atoms with van der Waals surface area (Å²) in [5, 5.41) is 8.22. The topological polar surface area (TPSA) is 106 Å². The van der Waals surface area contributed by atoms with Crippen LogP contribution in [0.25, 0.3) is 0 Å². The van der Waals surface area contributed by atoms with Gasteiger partial charge in [0.1, 0.15) is 6.04 Å². The number of amides is 1. The molecule has 0 aromatic heterocycles. The number of primary amides is 1. The van der Waals surface area contributed by atoms with E-state index in [1.165, 1.54) is 0 Å². The molecule has 11 heavy (non-hydrogen) atoms. The molecule has 0 saturated carbocycles. The number of aliphatic carboxylic acids is 1. The van der Waals surface area contributed by atoms with Crippen molar-refractivity contribution >= 4 is 21.8 Å². The van der Waals surface area contributed by atoms with E-state index in [-0.39, 0.29) is 22.7 Å². The van der Waals surface area contributed by atoms with Crippen molar-refractivity contribution in [1.82, 2.24) is 0 Å². The fourth-order valence-electron chi connectivity index (χ4n) is 0.421. The van der Waals surface area contributed by atoms with Crippen LogP contribution in [-0.2, 0) is 9.59 Å². The van der Waals surface area contributed by atoms with E-state index in [4.69, 9.17) is 16.6 Å². The van der Waals surface area contributed by atoms with Crippen LogP contribution in [0, 0.1) is 0 Å². The number of hydrogen-bond acceptors (Lipinski definition) is 3. The SMILES string of the molecule is NC(=O)CC[C@H](N)C(=O)O.P. The second kappa shape index (κ2) is 6.07. The van der Waals surface area contributed by atoms with Crippen molar-refractivity contribution in [2.24, 2.45) is 11.5 Å². The van der Waals surface area contributed by atoms with Gasteiger partial charge in [-0.1, -0.05) is 0 Å². The average molecular weight is 180 g/mol. The van der Waals surface area contributed by atoms with Crippen LogP contribution in [0.1, 0.15) is 12.8 Å². The molecule has 0 rings (SSSR count). The number of carboxylic acids is 1. The summed E-state index contributed by atoms with van der Waals surface area (Å²) in [6, 6.07) is -0.979. The minimum absolute atomic E-state index is 0. The zero-order chi connectivity index (χ0) is 8.15. The van der Waals surface area contributed by atoms with Crippen molar-refractivity contribution in [3.63, 3.8) is 0 Å². The maximum Gasteiger partial charge on any atom is 0.320 e. The first-order valence-electron chi connectivity index (χ1n) is 2.80. The number of hydrogen-bond donors (Lipinski definition) is 3. The predicted molar refractivity (Wildman–Crippen MR) is 45.1 cm³/mol. The summed E-state index contributed by atoms with van der Waals surface area (Å²) in [4.78, 5) is 20.1. The van der Waals surface area contributed by atoms with E-state index in [0.29, 0.717) is 0 Å². The van der Waals surface area contributed by atoms with Crippen molar-refractivity contribution < 1.29 is 14.7 Å². The average Bonchev–Trinajstić information content (AvgIpc) is 1.82. The Labute approximate surface area is 67.7 Å². The van der Waals surface area contributed by atoms with E-state index in [1.54, 1.807) is 0 Å². The molecular weight excluding hydrogens is 167 g/mol. The molecule has 0 aliphatic carbocycles. The minimum Gasteiger partial charge on any atom is -0.480 e. The summed E-state index contributed by atoms with van der Waals surface area (Å²) < 4.78 is 0. The van der Waals surface area contributed by atoms with E-state index >= 15 is 0 Å². The van der Waals surface area contributed by atoms with Crippen LogP contribution < -0.4 is 11.5 Å². The number of carbonyl (C=O) groups is 2. The predicted octanol–water partition coefficient (Wildman–Crippen LogP) is -1.28. The van der Waals surface area contributed by atoms with Crippen molar-refractivity contribution in [2.75, 3.05) is 0 Å². The largest absolute Gasteiger partial charge is 0.480 e. The molecule has 0 heterocycles. The molecule has 0 spiro atoms. The van der Waals surface area contributed by atoms with Gasteiger partial charge in [0.15, 0.2) is 0 Å². The quantitative estimate of drug-likeness (QED) is 0.468. The van der Waals surface area contributed by atoms with Gasteiger partial charge in [-0.3, -0.25) is 9.59 Å². The van der Waals surface area contributed by atoms with Crippen molar-refractivity contribution in [2.45, 2.75) is 18.9 Å². The lowest BCUT2D eigenvalue weighted by molar-refractivity contribution is -0.138. The van der Waals surface area contributed by atoms with E-state index in [2.05, 4.69) is 0 Å². The molecule has 0 aromatic carbocycles. The summed E-state index contributed by atoms with van der Waals surface area (Å²) >= 11 is 0. The van der Waals surface area contributed by atoms with Crippen molar-refractivity contribution in [3.8, 4) is 0 Å². The van der Waals surface area contributed by atoms with Crippen LogP contribution in [0.2, 0.25) is 0 Å². The van der Waals surface area contributed by atoms with Gasteiger partial charge in [0.05, 0.1) is 0 Å². The van der Waals surface area contributed by atoms with E-state index in [0.717, 1.165) is 0 Å².